The third kappa shape index (κ3) is 2.33. The zero-order chi connectivity index (χ0) is 11.5. The van der Waals surface area contributed by atoms with Crippen LogP contribution in [-0.2, 0) is 4.74 Å². The topological polar surface area (TPSA) is 38.5 Å². The number of hydrogen-bond acceptors (Lipinski definition) is 3. The molecule has 3 nitrogen and oxygen atoms in total. The van der Waals surface area contributed by atoms with E-state index in [2.05, 4.69) is 0 Å². The largest absolute Gasteiger partial charge is 0.378 e. The van der Waals surface area contributed by atoms with E-state index in [1.165, 1.54) is 6.07 Å². The van der Waals surface area contributed by atoms with Crippen molar-refractivity contribution in [1.82, 2.24) is 0 Å². The van der Waals surface area contributed by atoms with Gasteiger partial charge in [-0.05, 0) is 24.6 Å². The highest BCUT2D eigenvalue weighted by atomic mass is 19.1. The van der Waals surface area contributed by atoms with E-state index in [4.69, 9.17) is 10.5 Å². The van der Waals surface area contributed by atoms with E-state index in [1.807, 2.05) is 17.9 Å². The van der Waals surface area contributed by atoms with Crippen molar-refractivity contribution in [3.05, 3.63) is 29.6 Å². The Hall–Kier alpha value is -1.13. The van der Waals surface area contributed by atoms with Crippen molar-refractivity contribution in [3.8, 4) is 0 Å². The zero-order valence-corrected chi connectivity index (χ0v) is 9.45. The molecule has 1 aromatic carbocycles. The fourth-order valence-corrected chi connectivity index (χ4v) is 1.87. The summed E-state index contributed by atoms with van der Waals surface area (Å²) >= 11 is 0. The van der Waals surface area contributed by atoms with Gasteiger partial charge >= 0.3 is 0 Å². The van der Waals surface area contributed by atoms with Crippen molar-refractivity contribution in [2.75, 3.05) is 31.2 Å². The molecule has 16 heavy (non-hydrogen) atoms. The minimum Gasteiger partial charge on any atom is -0.378 e. The van der Waals surface area contributed by atoms with Gasteiger partial charge < -0.3 is 15.4 Å². The van der Waals surface area contributed by atoms with Crippen molar-refractivity contribution in [3.63, 3.8) is 0 Å². The third-order valence-electron chi connectivity index (χ3n) is 2.85. The molecule has 0 saturated carbocycles. The second-order valence-electron chi connectivity index (χ2n) is 4.10. The maximum Gasteiger partial charge on any atom is 0.146 e. The lowest BCUT2D eigenvalue weighted by Crippen LogP contribution is -2.36. The van der Waals surface area contributed by atoms with Crippen LogP contribution in [0.15, 0.2) is 18.2 Å². The van der Waals surface area contributed by atoms with Crippen LogP contribution in [0, 0.1) is 5.82 Å². The van der Waals surface area contributed by atoms with Crippen LogP contribution in [0.25, 0.3) is 0 Å². The summed E-state index contributed by atoms with van der Waals surface area (Å²) in [7, 11) is 0. The molecule has 1 aromatic rings. The number of benzene rings is 1. The highest BCUT2D eigenvalue weighted by molar-refractivity contribution is 5.49. The maximum absolute atomic E-state index is 13.9. The first-order chi connectivity index (χ1) is 7.68. The van der Waals surface area contributed by atoms with Gasteiger partial charge in [0.05, 0.1) is 18.9 Å². The van der Waals surface area contributed by atoms with Crippen LogP contribution in [-0.4, -0.2) is 26.3 Å². The minimum absolute atomic E-state index is 0.131. The summed E-state index contributed by atoms with van der Waals surface area (Å²) in [6.45, 7) is 4.66. The molecule has 4 heteroatoms. The lowest BCUT2D eigenvalue weighted by atomic mass is 10.1. The van der Waals surface area contributed by atoms with E-state index in [1.54, 1.807) is 6.07 Å². The summed E-state index contributed by atoms with van der Waals surface area (Å²) in [6, 6.07) is 5.08. The summed E-state index contributed by atoms with van der Waals surface area (Å²) in [6.07, 6.45) is 0. The lowest BCUT2D eigenvalue weighted by molar-refractivity contribution is 0.122. The summed E-state index contributed by atoms with van der Waals surface area (Å²) in [4.78, 5) is 2.00. The van der Waals surface area contributed by atoms with Crippen LogP contribution < -0.4 is 10.6 Å². The van der Waals surface area contributed by atoms with E-state index >= 15 is 0 Å². The van der Waals surface area contributed by atoms with Gasteiger partial charge in [0.15, 0.2) is 0 Å². The quantitative estimate of drug-likeness (QED) is 0.830. The Bertz CT molecular complexity index is 362. The van der Waals surface area contributed by atoms with Crippen LogP contribution >= 0.6 is 0 Å². The van der Waals surface area contributed by atoms with Gasteiger partial charge in [0.25, 0.3) is 0 Å². The molecule has 2 N–H and O–H groups in total. The first kappa shape index (κ1) is 11.4. The molecule has 1 aliphatic rings. The normalized spacial score (nSPS) is 18.6. The van der Waals surface area contributed by atoms with Gasteiger partial charge in [-0.15, -0.1) is 0 Å². The minimum atomic E-state index is -0.197. The molecule has 1 saturated heterocycles. The Kier molecular flexibility index (Phi) is 3.41. The molecule has 1 fully saturated rings. The standard InChI is InChI=1S/C12H17FN2O/c1-9(14)10-2-3-12(11(13)8-10)15-4-6-16-7-5-15/h2-3,8-9H,4-7,14H2,1H3. The van der Waals surface area contributed by atoms with Crippen LogP contribution in [0.4, 0.5) is 10.1 Å². The van der Waals surface area contributed by atoms with Crippen LogP contribution in [0.1, 0.15) is 18.5 Å². The summed E-state index contributed by atoms with van der Waals surface area (Å²) < 4.78 is 19.1. The van der Waals surface area contributed by atoms with Crippen molar-refractivity contribution >= 4 is 5.69 Å². The van der Waals surface area contributed by atoms with Gasteiger partial charge in [-0.25, -0.2) is 4.39 Å². The van der Waals surface area contributed by atoms with Crippen molar-refractivity contribution in [2.45, 2.75) is 13.0 Å². The Balaban J connectivity index is 2.21. The first-order valence-electron chi connectivity index (χ1n) is 5.56. The molecule has 0 bridgehead atoms. The molecule has 0 aliphatic carbocycles. The molecule has 1 aliphatic heterocycles. The second-order valence-corrected chi connectivity index (χ2v) is 4.10. The number of ether oxygens (including phenoxy) is 1. The van der Waals surface area contributed by atoms with Gasteiger partial charge in [0, 0.05) is 19.1 Å². The fraction of sp³-hybridized carbons (Fsp3) is 0.500. The van der Waals surface area contributed by atoms with Crippen LogP contribution in [0.5, 0.6) is 0 Å². The molecular formula is C12H17FN2O. The van der Waals surface area contributed by atoms with E-state index in [9.17, 15) is 4.39 Å². The van der Waals surface area contributed by atoms with Crippen molar-refractivity contribution < 1.29 is 9.13 Å². The summed E-state index contributed by atoms with van der Waals surface area (Å²) in [5, 5.41) is 0. The van der Waals surface area contributed by atoms with E-state index in [0.29, 0.717) is 18.9 Å². The average molecular weight is 224 g/mol. The molecule has 0 radical (unpaired) electrons. The number of morpholine rings is 1. The van der Waals surface area contributed by atoms with Gasteiger partial charge in [0.1, 0.15) is 5.82 Å². The lowest BCUT2D eigenvalue weighted by Gasteiger charge is -2.29. The van der Waals surface area contributed by atoms with Gasteiger partial charge in [-0.1, -0.05) is 6.07 Å². The molecule has 0 aromatic heterocycles. The Morgan fingerprint density at radius 3 is 2.62 bits per heavy atom. The number of nitrogens with two attached hydrogens (primary N) is 1. The highest BCUT2D eigenvalue weighted by Gasteiger charge is 2.15. The highest BCUT2D eigenvalue weighted by Crippen LogP contribution is 2.23. The van der Waals surface area contributed by atoms with Crippen LogP contribution in [0.2, 0.25) is 0 Å². The van der Waals surface area contributed by atoms with Crippen molar-refractivity contribution in [1.29, 1.82) is 0 Å². The predicted octanol–water partition coefficient (Wildman–Crippen LogP) is 1.68. The Morgan fingerprint density at radius 1 is 1.38 bits per heavy atom. The molecule has 0 amide bonds. The predicted molar refractivity (Wildman–Crippen MR) is 62.0 cm³/mol. The van der Waals surface area contributed by atoms with E-state index in [0.717, 1.165) is 18.7 Å². The fourth-order valence-electron chi connectivity index (χ4n) is 1.87. The maximum atomic E-state index is 13.9. The van der Waals surface area contributed by atoms with Gasteiger partial charge in [-0.2, -0.15) is 0 Å². The Labute approximate surface area is 95.0 Å². The third-order valence-corrected chi connectivity index (χ3v) is 2.85. The molecule has 1 unspecified atom stereocenters. The second kappa shape index (κ2) is 4.80. The molecule has 2 rings (SSSR count). The van der Waals surface area contributed by atoms with E-state index in [-0.39, 0.29) is 11.9 Å². The summed E-state index contributed by atoms with van der Waals surface area (Å²) in [5.74, 6) is -0.197. The number of nitrogens with zero attached hydrogens (tertiary/aromatic N) is 1. The van der Waals surface area contributed by atoms with E-state index < -0.39 is 0 Å². The first-order valence-corrected chi connectivity index (χ1v) is 5.56. The number of rotatable bonds is 2. The SMILES string of the molecule is CC(N)c1ccc(N2CCOCC2)c(F)c1. The zero-order valence-electron chi connectivity index (χ0n) is 9.45. The average Bonchev–Trinajstić information content (AvgIpc) is 2.30. The summed E-state index contributed by atoms with van der Waals surface area (Å²) in [5.41, 5.74) is 7.19. The molecular weight excluding hydrogens is 207 g/mol. The molecule has 1 heterocycles. The number of anilines is 1. The smallest absolute Gasteiger partial charge is 0.146 e. The number of halogens is 1. The molecule has 88 valence electrons. The molecule has 0 spiro atoms. The van der Waals surface area contributed by atoms with Gasteiger partial charge in [0.2, 0.25) is 0 Å². The monoisotopic (exact) mass is 224 g/mol. The van der Waals surface area contributed by atoms with Crippen molar-refractivity contribution in [2.24, 2.45) is 5.73 Å². The Morgan fingerprint density at radius 2 is 2.06 bits per heavy atom. The van der Waals surface area contributed by atoms with Gasteiger partial charge in [-0.3, -0.25) is 0 Å². The van der Waals surface area contributed by atoms with Crippen LogP contribution in [0.3, 0.4) is 0 Å². The number of hydrogen-bond donors (Lipinski definition) is 1. The molecule has 1 atom stereocenters.